The number of halogens is 2. The largest absolute Gasteiger partial charge is 0.314 e. The number of hydrogen-bond acceptors (Lipinski definition) is 1. The van der Waals surface area contributed by atoms with Crippen LogP contribution in [0.5, 0.6) is 0 Å². The van der Waals surface area contributed by atoms with Gasteiger partial charge in [-0.05, 0) is 49.6 Å². The molecule has 94 valence electrons. The van der Waals surface area contributed by atoms with Crippen LogP contribution in [0.3, 0.4) is 0 Å². The van der Waals surface area contributed by atoms with E-state index in [1.54, 1.807) is 12.1 Å². The molecule has 0 bridgehead atoms. The first-order chi connectivity index (χ1) is 8.25. The molecule has 1 aromatic rings. The number of hydrogen-bond donors (Lipinski definition) is 1. The minimum absolute atomic E-state index is 0.152. The van der Waals surface area contributed by atoms with Crippen LogP contribution in [-0.4, -0.2) is 12.6 Å². The van der Waals surface area contributed by atoms with Crippen LogP contribution >= 0.6 is 15.9 Å². The molecule has 0 aliphatic heterocycles. The highest BCUT2D eigenvalue weighted by molar-refractivity contribution is 9.10. The summed E-state index contributed by atoms with van der Waals surface area (Å²) < 4.78 is 14.1. The van der Waals surface area contributed by atoms with Gasteiger partial charge in [0.05, 0.1) is 0 Å². The molecule has 1 nitrogen and oxygen atoms in total. The minimum atomic E-state index is -0.152. The molecular formula is C14H19BrFN. The first-order valence-electron chi connectivity index (χ1n) is 6.43. The molecule has 0 atom stereocenters. The maximum absolute atomic E-state index is 13.1. The zero-order chi connectivity index (χ0) is 12.1. The number of rotatable bonds is 4. The molecule has 17 heavy (non-hydrogen) atoms. The van der Waals surface area contributed by atoms with Gasteiger partial charge in [0.1, 0.15) is 5.82 Å². The average Bonchev–Trinajstić information content (AvgIpc) is 2.35. The highest BCUT2D eigenvalue weighted by Crippen LogP contribution is 2.19. The van der Waals surface area contributed by atoms with Gasteiger partial charge >= 0.3 is 0 Å². The molecule has 0 unspecified atom stereocenters. The van der Waals surface area contributed by atoms with Crippen molar-refractivity contribution in [1.29, 1.82) is 0 Å². The van der Waals surface area contributed by atoms with E-state index in [1.165, 1.54) is 38.2 Å². The molecule has 3 heteroatoms. The Balaban J connectivity index is 1.79. The van der Waals surface area contributed by atoms with Gasteiger partial charge in [-0.1, -0.05) is 35.2 Å². The highest BCUT2D eigenvalue weighted by atomic mass is 79.9. The monoisotopic (exact) mass is 299 g/mol. The molecule has 0 spiro atoms. The molecule has 0 heterocycles. The van der Waals surface area contributed by atoms with Crippen LogP contribution in [0.15, 0.2) is 22.7 Å². The van der Waals surface area contributed by atoms with E-state index < -0.39 is 0 Å². The summed E-state index contributed by atoms with van der Waals surface area (Å²) in [6, 6.07) is 5.57. The fraction of sp³-hybridized carbons (Fsp3) is 0.571. The lowest BCUT2D eigenvalue weighted by atomic mass is 9.95. The predicted octanol–water partition coefficient (Wildman–Crippen LogP) is 4.05. The van der Waals surface area contributed by atoms with Crippen molar-refractivity contribution in [1.82, 2.24) is 5.32 Å². The Morgan fingerprint density at radius 3 is 2.76 bits per heavy atom. The summed E-state index contributed by atoms with van der Waals surface area (Å²) in [6.45, 7) is 0.937. The second-order valence-electron chi connectivity index (χ2n) is 4.77. The molecule has 1 aromatic carbocycles. The van der Waals surface area contributed by atoms with Crippen molar-refractivity contribution in [3.63, 3.8) is 0 Å². The minimum Gasteiger partial charge on any atom is -0.314 e. The Bertz CT molecular complexity index is 361. The van der Waals surface area contributed by atoms with E-state index in [0.29, 0.717) is 6.04 Å². The van der Waals surface area contributed by atoms with Crippen molar-refractivity contribution in [2.45, 2.75) is 44.6 Å². The Morgan fingerprint density at radius 2 is 2.00 bits per heavy atom. The van der Waals surface area contributed by atoms with Crippen LogP contribution in [0, 0.1) is 5.82 Å². The summed E-state index contributed by atoms with van der Waals surface area (Å²) >= 11 is 3.46. The lowest BCUT2D eigenvalue weighted by Crippen LogP contribution is -2.32. The van der Waals surface area contributed by atoms with E-state index >= 15 is 0 Å². The molecule has 1 fully saturated rings. The van der Waals surface area contributed by atoms with Crippen LogP contribution < -0.4 is 5.32 Å². The Morgan fingerprint density at radius 1 is 1.24 bits per heavy atom. The smallest absolute Gasteiger partial charge is 0.123 e. The van der Waals surface area contributed by atoms with E-state index in [4.69, 9.17) is 0 Å². The third kappa shape index (κ3) is 4.07. The van der Waals surface area contributed by atoms with Crippen molar-refractivity contribution in [3.05, 3.63) is 34.1 Å². The van der Waals surface area contributed by atoms with Crippen LogP contribution in [0.1, 0.15) is 37.7 Å². The van der Waals surface area contributed by atoms with Gasteiger partial charge in [-0.3, -0.25) is 0 Å². The summed E-state index contributed by atoms with van der Waals surface area (Å²) in [5, 5.41) is 3.57. The van der Waals surface area contributed by atoms with Crippen molar-refractivity contribution in [2.24, 2.45) is 0 Å². The molecule has 0 saturated heterocycles. The quantitative estimate of drug-likeness (QED) is 0.884. The van der Waals surface area contributed by atoms with Crippen LogP contribution in [0.25, 0.3) is 0 Å². The molecule has 1 aliphatic carbocycles. The van der Waals surface area contributed by atoms with Gasteiger partial charge in [0.2, 0.25) is 0 Å². The van der Waals surface area contributed by atoms with E-state index in [0.717, 1.165) is 23.0 Å². The number of nitrogens with one attached hydrogen (secondary N) is 1. The first kappa shape index (κ1) is 13.0. The summed E-state index contributed by atoms with van der Waals surface area (Å²) in [5.74, 6) is -0.152. The fourth-order valence-electron chi connectivity index (χ4n) is 2.45. The molecule has 1 saturated carbocycles. The topological polar surface area (TPSA) is 12.0 Å². The van der Waals surface area contributed by atoms with Crippen molar-refractivity contribution in [2.75, 3.05) is 6.54 Å². The molecule has 1 N–H and O–H groups in total. The van der Waals surface area contributed by atoms with Gasteiger partial charge in [0.25, 0.3) is 0 Å². The lowest BCUT2D eigenvalue weighted by molar-refractivity contribution is 0.375. The Hall–Kier alpha value is -0.410. The maximum Gasteiger partial charge on any atom is 0.123 e. The molecule has 2 rings (SSSR count). The van der Waals surface area contributed by atoms with Crippen molar-refractivity contribution >= 4 is 15.9 Å². The summed E-state index contributed by atoms with van der Waals surface area (Å²) in [6.07, 6.45) is 7.56. The van der Waals surface area contributed by atoms with Crippen LogP contribution in [0.4, 0.5) is 4.39 Å². The summed E-state index contributed by atoms with van der Waals surface area (Å²) in [5.41, 5.74) is 1.05. The Labute approximate surface area is 111 Å². The Kier molecular flexibility index (Phi) is 4.99. The first-order valence-corrected chi connectivity index (χ1v) is 7.22. The van der Waals surface area contributed by atoms with Gasteiger partial charge in [0.15, 0.2) is 0 Å². The zero-order valence-corrected chi connectivity index (χ0v) is 11.6. The SMILES string of the molecule is Fc1ccc(Br)c(CCNC2CCCCC2)c1. The highest BCUT2D eigenvalue weighted by Gasteiger charge is 2.12. The zero-order valence-electron chi connectivity index (χ0n) is 10.0. The maximum atomic E-state index is 13.1. The van der Waals surface area contributed by atoms with Gasteiger partial charge in [-0.2, -0.15) is 0 Å². The molecule has 0 amide bonds. The predicted molar refractivity (Wildman–Crippen MR) is 72.7 cm³/mol. The van der Waals surface area contributed by atoms with E-state index in [2.05, 4.69) is 21.2 Å². The van der Waals surface area contributed by atoms with E-state index in [1.807, 2.05) is 0 Å². The second-order valence-corrected chi connectivity index (χ2v) is 5.63. The van der Waals surface area contributed by atoms with Crippen LogP contribution in [-0.2, 0) is 6.42 Å². The lowest BCUT2D eigenvalue weighted by Gasteiger charge is -2.22. The fourth-order valence-corrected chi connectivity index (χ4v) is 2.90. The molecule has 1 aliphatic rings. The molecule has 0 aromatic heterocycles. The van der Waals surface area contributed by atoms with E-state index in [9.17, 15) is 4.39 Å². The van der Waals surface area contributed by atoms with Crippen molar-refractivity contribution < 1.29 is 4.39 Å². The number of benzene rings is 1. The molecule has 0 radical (unpaired) electrons. The second kappa shape index (κ2) is 6.50. The third-order valence-corrected chi connectivity index (χ3v) is 4.21. The summed E-state index contributed by atoms with van der Waals surface area (Å²) in [4.78, 5) is 0. The van der Waals surface area contributed by atoms with Gasteiger partial charge in [-0.25, -0.2) is 4.39 Å². The van der Waals surface area contributed by atoms with Gasteiger partial charge in [0, 0.05) is 10.5 Å². The van der Waals surface area contributed by atoms with Crippen LogP contribution in [0.2, 0.25) is 0 Å². The standard InChI is InChI=1S/C14H19BrFN/c15-14-7-6-12(16)10-11(14)8-9-17-13-4-2-1-3-5-13/h6-7,10,13,17H,1-5,8-9H2. The molecular weight excluding hydrogens is 281 g/mol. The van der Waals surface area contributed by atoms with Gasteiger partial charge < -0.3 is 5.32 Å². The van der Waals surface area contributed by atoms with Gasteiger partial charge in [-0.15, -0.1) is 0 Å². The van der Waals surface area contributed by atoms with Crippen molar-refractivity contribution in [3.8, 4) is 0 Å². The average molecular weight is 300 g/mol. The third-order valence-electron chi connectivity index (χ3n) is 3.44. The summed E-state index contributed by atoms with van der Waals surface area (Å²) in [7, 11) is 0. The normalized spacial score (nSPS) is 17.3. The van der Waals surface area contributed by atoms with E-state index in [-0.39, 0.29) is 5.82 Å².